The second kappa shape index (κ2) is 7.51. The Morgan fingerprint density at radius 3 is 2.68 bits per heavy atom. The molecule has 106 valence electrons. The molecule has 1 heterocycles. The molecule has 0 radical (unpaired) electrons. The zero-order chi connectivity index (χ0) is 13.5. The summed E-state index contributed by atoms with van der Waals surface area (Å²) in [5.41, 5.74) is 1.33. The highest BCUT2D eigenvalue weighted by Crippen LogP contribution is 2.14. The zero-order valence-electron chi connectivity index (χ0n) is 12.2. The van der Waals surface area contributed by atoms with Crippen LogP contribution in [0.15, 0.2) is 24.3 Å². The molecule has 1 N–H and O–H groups in total. The molecular formula is C16H26N2O. The van der Waals surface area contributed by atoms with Crippen molar-refractivity contribution in [1.82, 2.24) is 10.2 Å². The molecule has 0 amide bonds. The average Bonchev–Trinajstić information content (AvgIpc) is 2.70. The first-order valence-electron chi connectivity index (χ1n) is 7.40. The molecule has 0 aromatic heterocycles. The van der Waals surface area contributed by atoms with E-state index in [4.69, 9.17) is 4.74 Å². The first-order valence-corrected chi connectivity index (χ1v) is 7.40. The lowest BCUT2D eigenvalue weighted by atomic mass is 10.1. The number of hydrogen-bond acceptors (Lipinski definition) is 3. The Morgan fingerprint density at radius 1 is 1.21 bits per heavy atom. The molecule has 0 spiro atoms. The molecular weight excluding hydrogens is 236 g/mol. The van der Waals surface area contributed by atoms with Crippen molar-refractivity contribution >= 4 is 0 Å². The van der Waals surface area contributed by atoms with Gasteiger partial charge in [0.2, 0.25) is 0 Å². The van der Waals surface area contributed by atoms with E-state index in [0.29, 0.717) is 6.04 Å². The van der Waals surface area contributed by atoms with Crippen molar-refractivity contribution in [3.63, 3.8) is 0 Å². The summed E-state index contributed by atoms with van der Waals surface area (Å²) in [6, 6.07) is 9.01. The van der Waals surface area contributed by atoms with Gasteiger partial charge in [0.1, 0.15) is 5.75 Å². The van der Waals surface area contributed by atoms with E-state index in [0.717, 1.165) is 12.3 Å². The van der Waals surface area contributed by atoms with Gasteiger partial charge in [-0.2, -0.15) is 0 Å². The van der Waals surface area contributed by atoms with E-state index in [1.807, 2.05) is 12.1 Å². The molecule has 3 nitrogen and oxygen atoms in total. The minimum Gasteiger partial charge on any atom is -0.497 e. The lowest BCUT2D eigenvalue weighted by Gasteiger charge is -2.18. The van der Waals surface area contributed by atoms with Crippen LogP contribution < -0.4 is 10.1 Å². The zero-order valence-corrected chi connectivity index (χ0v) is 12.2. The highest BCUT2D eigenvalue weighted by atomic mass is 16.5. The molecule has 19 heavy (non-hydrogen) atoms. The minimum atomic E-state index is 0.665. The van der Waals surface area contributed by atoms with Gasteiger partial charge in [-0.1, -0.05) is 19.1 Å². The molecule has 1 aliphatic heterocycles. The fourth-order valence-corrected chi connectivity index (χ4v) is 2.68. The molecule has 0 bridgehead atoms. The number of methoxy groups -OCH3 is 1. The van der Waals surface area contributed by atoms with Gasteiger partial charge in [-0.15, -0.1) is 0 Å². The highest BCUT2D eigenvalue weighted by molar-refractivity contribution is 5.27. The monoisotopic (exact) mass is 262 g/mol. The fraction of sp³-hybridized carbons (Fsp3) is 0.625. The number of ether oxygens (including phenoxy) is 1. The number of nitrogens with zero attached hydrogens (tertiary/aromatic N) is 1. The number of likely N-dealkylation sites (tertiary alicyclic amines) is 1. The van der Waals surface area contributed by atoms with Gasteiger partial charge in [0.25, 0.3) is 0 Å². The third kappa shape index (κ3) is 4.51. The maximum Gasteiger partial charge on any atom is 0.118 e. The molecule has 2 rings (SSSR count). The number of benzene rings is 1. The maximum atomic E-state index is 5.18. The first kappa shape index (κ1) is 14.4. The second-order valence-corrected chi connectivity index (χ2v) is 5.29. The van der Waals surface area contributed by atoms with E-state index >= 15 is 0 Å². The third-order valence-corrected chi connectivity index (χ3v) is 4.02. The average molecular weight is 262 g/mol. The largest absolute Gasteiger partial charge is 0.497 e. The lowest BCUT2D eigenvalue weighted by molar-refractivity contribution is 0.297. The van der Waals surface area contributed by atoms with E-state index in [-0.39, 0.29) is 0 Å². The van der Waals surface area contributed by atoms with Gasteiger partial charge in [0.15, 0.2) is 0 Å². The maximum absolute atomic E-state index is 5.18. The van der Waals surface area contributed by atoms with Crippen LogP contribution in [0.2, 0.25) is 0 Å². The lowest BCUT2D eigenvalue weighted by Crippen LogP contribution is -2.30. The van der Waals surface area contributed by atoms with Gasteiger partial charge in [0, 0.05) is 12.6 Å². The van der Waals surface area contributed by atoms with Crippen LogP contribution >= 0.6 is 0 Å². The van der Waals surface area contributed by atoms with E-state index in [1.165, 1.54) is 44.5 Å². The van der Waals surface area contributed by atoms with Gasteiger partial charge in [0.05, 0.1) is 7.11 Å². The number of rotatable bonds is 5. The van der Waals surface area contributed by atoms with Crippen LogP contribution in [0.5, 0.6) is 5.75 Å². The van der Waals surface area contributed by atoms with Gasteiger partial charge < -0.3 is 15.0 Å². The van der Waals surface area contributed by atoms with Gasteiger partial charge in [-0.3, -0.25) is 0 Å². The van der Waals surface area contributed by atoms with Crippen molar-refractivity contribution in [2.75, 3.05) is 26.7 Å². The van der Waals surface area contributed by atoms with Crippen LogP contribution in [0.4, 0.5) is 0 Å². The predicted molar refractivity (Wildman–Crippen MR) is 79.6 cm³/mol. The van der Waals surface area contributed by atoms with E-state index < -0.39 is 0 Å². The fourth-order valence-electron chi connectivity index (χ4n) is 2.68. The van der Waals surface area contributed by atoms with Crippen LogP contribution in [0.3, 0.4) is 0 Å². The Hall–Kier alpha value is -1.06. The standard InChI is InChI=1S/C16H26N2O/c1-3-18-11-4-5-15(10-12-18)17-13-14-6-8-16(19-2)9-7-14/h6-9,15,17H,3-5,10-13H2,1-2H3. The predicted octanol–water partition coefficient (Wildman–Crippen LogP) is 2.66. The summed E-state index contributed by atoms with van der Waals surface area (Å²) in [6.07, 6.45) is 3.88. The third-order valence-electron chi connectivity index (χ3n) is 4.02. The Morgan fingerprint density at radius 2 is 2.00 bits per heavy atom. The van der Waals surface area contributed by atoms with Gasteiger partial charge >= 0.3 is 0 Å². The number of hydrogen-bond donors (Lipinski definition) is 1. The van der Waals surface area contributed by atoms with E-state index in [9.17, 15) is 0 Å². The van der Waals surface area contributed by atoms with Crippen molar-refractivity contribution in [1.29, 1.82) is 0 Å². The Kier molecular flexibility index (Phi) is 5.67. The summed E-state index contributed by atoms with van der Waals surface area (Å²) in [5.74, 6) is 0.928. The van der Waals surface area contributed by atoms with Crippen molar-refractivity contribution < 1.29 is 4.74 Å². The Balaban J connectivity index is 1.77. The summed E-state index contributed by atoms with van der Waals surface area (Å²) >= 11 is 0. The van der Waals surface area contributed by atoms with Crippen molar-refractivity contribution in [2.24, 2.45) is 0 Å². The number of nitrogens with one attached hydrogen (secondary N) is 1. The summed E-state index contributed by atoms with van der Waals surface area (Å²) in [4.78, 5) is 2.55. The summed E-state index contributed by atoms with van der Waals surface area (Å²) < 4.78 is 5.18. The molecule has 0 aliphatic carbocycles. The Labute approximate surface area is 116 Å². The molecule has 0 saturated carbocycles. The second-order valence-electron chi connectivity index (χ2n) is 5.29. The van der Waals surface area contributed by atoms with Gasteiger partial charge in [-0.05, 0) is 56.6 Å². The van der Waals surface area contributed by atoms with Crippen LogP contribution in [0, 0.1) is 0 Å². The van der Waals surface area contributed by atoms with Gasteiger partial charge in [-0.25, -0.2) is 0 Å². The molecule has 1 atom stereocenters. The minimum absolute atomic E-state index is 0.665. The normalized spacial score (nSPS) is 21.1. The molecule has 1 aromatic carbocycles. The van der Waals surface area contributed by atoms with E-state index in [1.54, 1.807) is 7.11 Å². The van der Waals surface area contributed by atoms with Crippen LogP contribution in [0.25, 0.3) is 0 Å². The van der Waals surface area contributed by atoms with E-state index in [2.05, 4.69) is 29.3 Å². The van der Waals surface area contributed by atoms with Crippen molar-refractivity contribution in [3.05, 3.63) is 29.8 Å². The summed E-state index contributed by atoms with van der Waals surface area (Å²) in [6.45, 7) is 6.89. The van der Waals surface area contributed by atoms with Crippen LogP contribution in [-0.2, 0) is 6.54 Å². The first-order chi connectivity index (χ1) is 9.31. The molecule has 1 aliphatic rings. The molecule has 1 saturated heterocycles. The van der Waals surface area contributed by atoms with Crippen LogP contribution in [0.1, 0.15) is 31.7 Å². The molecule has 3 heteroatoms. The van der Waals surface area contributed by atoms with Crippen molar-refractivity contribution in [2.45, 2.75) is 38.8 Å². The Bertz CT molecular complexity index is 364. The molecule has 1 fully saturated rings. The topological polar surface area (TPSA) is 24.5 Å². The van der Waals surface area contributed by atoms with Crippen molar-refractivity contribution in [3.8, 4) is 5.75 Å². The van der Waals surface area contributed by atoms with Crippen LogP contribution in [-0.4, -0.2) is 37.7 Å². The SMILES string of the molecule is CCN1CCCC(NCc2ccc(OC)cc2)CC1. The quantitative estimate of drug-likeness (QED) is 0.883. The highest BCUT2D eigenvalue weighted by Gasteiger charge is 2.15. The molecule has 1 unspecified atom stereocenters. The molecule has 1 aromatic rings. The summed E-state index contributed by atoms with van der Waals surface area (Å²) in [5, 5.41) is 3.69. The smallest absolute Gasteiger partial charge is 0.118 e. The summed E-state index contributed by atoms with van der Waals surface area (Å²) in [7, 11) is 1.71.